The zero-order chi connectivity index (χ0) is 12.1. The molecular formula is C7H19BO7. The molecule has 0 spiro atoms. The third kappa shape index (κ3) is 31.6. The van der Waals surface area contributed by atoms with Crippen molar-refractivity contribution in [2.24, 2.45) is 0 Å². The van der Waals surface area contributed by atoms with Crippen LogP contribution in [0.1, 0.15) is 6.92 Å². The maximum Gasteiger partial charge on any atom is 0.631 e. The van der Waals surface area contributed by atoms with Gasteiger partial charge in [-0.2, -0.15) is 0 Å². The number of aliphatic hydroxyl groups excluding tert-OH is 2. The average Bonchev–Trinajstić information content (AvgIpc) is 2.09. The molecule has 0 fully saturated rings. The monoisotopic (exact) mass is 226 g/mol. The summed E-state index contributed by atoms with van der Waals surface area (Å²) in [5.74, 6) is 0. The molecule has 0 aromatic rings. The molecule has 0 heterocycles. The normalized spacial score (nSPS) is 11.6. The Labute approximate surface area is 89.1 Å². The minimum Gasteiger partial charge on any atom is -0.402 e. The molecule has 0 aliphatic heterocycles. The first-order valence-corrected chi connectivity index (χ1v) is 4.49. The zero-order valence-corrected chi connectivity index (χ0v) is 8.74. The summed E-state index contributed by atoms with van der Waals surface area (Å²) in [5.41, 5.74) is 0. The van der Waals surface area contributed by atoms with E-state index < -0.39 is 13.4 Å². The molecule has 0 aliphatic rings. The van der Waals surface area contributed by atoms with Crippen molar-refractivity contribution in [1.29, 1.82) is 0 Å². The SMILES string of the molecule is CC(O)COCCOCCO.OB(O)O. The lowest BCUT2D eigenvalue weighted by molar-refractivity contribution is 0.00292. The molecule has 5 N–H and O–H groups in total. The molecule has 0 bridgehead atoms. The number of aliphatic hydroxyl groups is 2. The third-order valence-electron chi connectivity index (χ3n) is 0.967. The van der Waals surface area contributed by atoms with Crippen LogP contribution in [0.4, 0.5) is 0 Å². The number of hydrogen-bond donors (Lipinski definition) is 5. The van der Waals surface area contributed by atoms with Gasteiger partial charge in [0.25, 0.3) is 0 Å². The largest absolute Gasteiger partial charge is 0.631 e. The molecule has 0 saturated carbocycles. The highest BCUT2D eigenvalue weighted by atomic mass is 16.5. The maximum atomic E-state index is 8.75. The lowest BCUT2D eigenvalue weighted by Gasteiger charge is -2.05. The zero-order valence-electron chi connectivity index (χ0n) is 8.74. The predicted octanol–water partition coefficient (Wildman–Crippen LogP) is -2.66. The van der Waals surface area contributed by atoms with Crippen LogP contribution in [-0.4, -0.2) is 71.7 Å². The average molecular weight is 226 g/mol. The van der Waals surface area contributed by atoms with Crippen LogP contribution in [-0.2, 0) is 9.47 Å². The smallest absolute Gasteiger partial charge is 0.402 e. The van der Waals surface area contributed by atoms with Gasteiger partial charge in [0.2, 0.25) is 0 Å². The van der Waals surface area contributed by atoms with Crippen LogP contribution in [0.25, 0.3) is 0 Å². The molecule has 0 rings (SSSR count). The Hall–Kier alpha value is -0.215. The number of rotatable bonds is 7. The van der Waals surface area contributed by atoms with Crippen LogP contribution in [0, 0.1) is 0 Å². The highest BCUT2D eigenvalue weighted by molar-refractivity contribution is 6.30. The molecule has 1 unspecified atom stereocenters. The summed E-state index contributed by atoms with van der Waals surface area (Å²) in [5, 5.41) is 38.6. The summed E-state index contributed by atoms with van der Waals surface area (Å²) < 4.78 is 9.89. The van der Waals surface area contributed by atoms with Gasteiger partial charge in [0, 0.05) is 0 Å². The molecule has 0 aromatic heterocycles. The highest BCUT2D eigenvalue weighted by Gasteiger charge is 1.94. The summed E-state index contributed by atoms with van der Waals surface area (Å²) in [6.07, 6.45) is -0.423. The lowest BCUT2D eigenvalue weighted by Crippen LogP contribution is -2.14. The second-order valence-electron chi connectivity index (χ2n) is 2.61. The minimum absolute atomic E-state index is 0.0381. The number of ether oxygens (including phenoxy) is 2. The summed E-state index contributed by atoms with van der Waals surface area (Å²) in [7, 11) is -2.17. The summed E-state index contributed by atoms with van der Waals surface area (Å²) in [6, 6.07) is 0. The van der Waals surface area contributed by atoms with E-state index in [1.54, 1.807) is 6.92 Å². The van der Waals surface area contributed by atoms with Crippen molar-refractivity contribution in [2.45, 2.75) is 13.0 Å². The van der Waals surface area contributed by atoms with Gasteiger partial charge in [-0.1, -0.05) is 0 Å². The van der Waals surface area contributed by atoms with Crippen LogP contribution >= 0.6 is 0 Å². The van der Waals surface area contributed by atoms with Crippen molar-refractivity contribution in [3.05, 3.63) is 0 Å². The van der Waals surface area contributed by atoms with Crippen molar-refractivity contribution in [3.63, 3.8) is 0 Å². The minimum atomic E-state index is -2.17. The molecule has 0 amide bonds. The van der Waals surface area contributed by atoms with Gasteiger partial charge in [-0.05, 0) is 6.92 Å². The van der Waals surface area contributed by atoms with Gasteiger partial charge in [0.1, 0.15) is 0 Å². The second-order valence-corrected chi connectivity index (χ2v) is 2.61. The third-order valence-corrected chi connectivity index (χ3v) is 0.967. The first-order chi connectivity index (χ1) is 7.00. The van der Waals surface area contributed by atoms with Crippen molar-refractivity contribution in [2.75, 3.05) is 33.0 Å². The summed E-state index contributed by atoms with van der Waals surface area (Å²) in [4.78, 5) is 0. The summed E-state index contributed by atoms with van der Waals surface area (Å²) >= 11 is 0. The van der Waals surface area contributed by atoms with E-state index in [2.05, 4.69) is 0 Å². The topological polar surface area (TPSA) is 120 Å². The van der Waals surface area contributed by atoms with E-state index in [9.17, 15) is 0 Å². The Morgan fingerprint density at radius 2 is 1.53 bits per heavy atom. The first-order valence-electron chi connectivity index (χ1n) is 4.49. The lowest BCUT2D eigenvalue weighted by atomic mass is 10.3. The van der Waals surface area contributed by atoms with Crippen LogP contribution in [0.2, 0.25) is 0 Å². The van der Waals surface area contributed by atoms with Crippen LogP contribution < -0.4 is 0 Å². The van der Waals surface area contributed by atoms with Crippen molar-refractivity contribution < 1.29 is 34.8 Å². The quantitative estimate of drug-likeness (QED) is 0.237. The molecule has 8 heteroatoms. The standard InChI is InChI=1S/C7H16O4.BH3O3/c1-7(9)6-11-5-4-10-3-2-8;2-1(3)4/h7-9H,2-6H2,1H3;2-4H. The van der Waals surface area contributed by atoms with E-state index in [0.29, 0.717) is 26.4 Å². The van der Waals surface area contributed by atoms with E-state index in [1.807, 2.05) is 0 Å². The Kier molecular flexibility index (Phi) is 15.8. The Balaban J connectivity index is 0. The van der Waals surface area contributed by atoms with Gasteiger partial charge in [0.05, 0.1) is 39.1 Å². The highest BCUT2D eigenvalue weighted by Crippen LogP contribution is 1.83. The van der Waals surface area contributed by atoms with Gasteiger partial charge >= 0.3 is 7.32 Å². The van der Waals surface area contributed by atoms with Gasteiger partial charge in [-0.15, -0.1) is 0 Å². The van der Waals surface area contributed by atoms with Gasteiger partial charge in [0.15, 0.2) is 0 Å². The van der Waals surface area contributed by atoms with E-state index >= 15 is 0 Å². The molecule has 92 valence electrons. The van der Waals surface area contributed by atoms with E-state index in [4.69, 9.17) is 34.8 Å². The Morgan fingerprint density at radius 3 is 1.93 bits per heavy atom. The fourth-order valence-electron chi connectivity index (χ4n) is 0.538. The Morgan fingerprint density at radius 1 is 1.07 bits per heavy atom. The molecule has 1 atom stereocenters. The van der Waals surface area contributed by atoms with Crippen LogP contribution in [0.15, 0.2) is 0 Å². The van der Waals surface area contributed by atoms with E-state index in [-0.39, 0.29) is 6.61 Å². The molecular weight excluding hydrogens is 207 g/mol. The van der Waals surface area contributed by atoms with Crippen molar-refractivity contribution in [1.82, 2.24) is 0 Å². The number of hydrogen-bond acceptors (Lipinski definition) is 7. The second kappa shape index (κ2) is 13.8. The molecule has 0 aliphatic carbocycles. The van der Waals surface area contributed by atoms with E-state index in [1.165, 1.54) is 0 Å². The molecule has 7 nitrogen and oxygen atoms in total. The Bertz CT molecular complexity index is 109. The first kappa shape index (κ1) is 17.2. The maximum absolute atomic E-state index is 8.75. The van der Waals surface area contributed by atoms with Crippen LogP contribution in [0.5, 0.6) is 0 Å². The predicted molar refractivity (Wildman–Crippen MR) is 52.8 cm³/mol. The molecule has 0 saturated heterocycles. The van der Waals surface area contributed by atoms with Gasteiger partial charge in [-0.25, -0.2) is 0 Å². The van der Waals surface area contributed by atoms with E-state index in [0.717, 1.165) is 0 Å². The molecule has 0 radical (unpaired) electrons. The molecule has 15 heavy (non-hydrogen) atoms. The van der Waals surface area contributed by atoms with Crippen LogP contribution in [0.3, 0.4) is 0 Å². The summed E-state index contributed by atoms with van der Waals surface area (Å²) in [6.45, 7) is 3.31. The molecule has 0 aromatic carbocycles. The van der Waals surface area contributed by atoms with Gasteiger partial charge in [-0.3, -0.25) is 0 Å². The van der Waals surface area contributed by atoms with Crippen molar-refractivity contribution in [3.8, 4) is 0 Å². The van der Waals surface area contributed by atoms with Crippen molar-refractivity contribution >= 4 is 7.32 Å². The van der Waals surface area contributed by atoms with Gasteiger partial charge < -0.3 is 34.8 Å². The fourth-order valence-corrected chi connectivity index (χ4v) is 0.538. The fraction of sp³-hybridized carbons (Fsp3) is 1.00.